The number of benzene rings is 1. The molecule has 2 N–H and O–H groups in total. The lowest BCUT2D eigenvalue weighted by Crippen LogP contribution is -2.33. The average Bonchev–Trinajstić information content (AvgIpc) is 2.46. The van der Waals surface area contributed by atoms with Gasteiger partial charge in [0.25, 0.3) is 5.91 Å². The van der Waals surface area contributed by atoms with Crippen LogP contribution in [0.2, 0.25) is 0 Å². The first-order chi connectivity index (χ1) is 9.18. The highest BCUT2D eigenvalue weighted by molar-refractivity contribution is 5.96. The molecule has 19 heavy (non-hydrogen) atoms. The van der Waals surface area contributed by atoms with Crippen LogP contribution in [0.1, 0.15) is 22.0 Å². The van der Waals surface area contributed by atoms with Crippen LogP contribution in [0, 0.1) is 0 Å². The number of aliphatic carboxylic acids is 1. The molecule has 5 nitrogen and oxygen atoms in total. The zero-order chi connectivity index (χ0) is 13.7. The second-order valence-corrected chi connectivity index (χ2v) is 3.89. The van der Waals surface area contributed by atoms with E-state index in [2.05, 4.69) is 10.3 Å². The van der Waals surface area contributed by atoms with E-state index in [1.54, 1.807) is 30.3 Å². The van der Waals surface area contributed by atoms with E-state index in [9.17, 15) is 14.7 Å². The van der Waals surface area contributed by atoms with Crippen molar-refractivity contribution in [2.24, 2.45) is 0 Å². The monoisotopic (exact) mass is 256 g/mol. The number of carbonyl (C=O) groups excluding carboxylic acids is 1. The molecule has 0 unspecified atom stereocenters. The number of hydrogen-bond donors (Lipinski definition) is 2. The van der Waals surface area contributed by atoms with E-state index in [1.165, 1.54) is 24.5 Å². The van der Waals surface area contributed by atoms with Gasteiger partial charge >= 0.3 is 5.97 Å². The first-order valence-electron chi connectivity index (χ1n) is 5.67. The summed E-state index contributed by atoms with van der Waals surface area (Å²) >= 11 is 0. The first kappa shape index (κ1) is 12.8. The van der Waals surface area contributed by atoms with E-state index in [0.29, 0.717) is 11.1 Å². The SMILES string of the molecule is O=C(N[C@H](C(=O)O)c1ccccc1)c1ccncc1. The van der Waals surface area contributed by atoms with Crippen molar-refractivity contribution >= 4 is 11.9 Å². The number of aromatic nitrogens is 1. The molecule has 0 saturated heterocycles. The lowest BCUT2D eigenvalue weighted by molar-refractivity contribution is -0.139. The van der Waals surface area contributed by atoms with Crippen LogP contribution in [0.3, 0.4) is 0 Å². The summed E-state index contributed by atoms with van der Waals surface area (Å²) < 4.78 is 0. The first-order valence-corrected chi connectivity index (χ1v) is 5.67. The van der Waals surface area contributed by atoms with Crippen LogP contribution in [0.4, 0.5) is 0 Å². The zero-order valence-electron chi connectivity index (χ0n) is 9.98. The number of carbonyl (C=O) groups is 2. The number of carboxylic acid groups (broad SMARTS) is 1. The molecule has 1 aromatic carbocycles. The summed E-state index contributed by atoms with van der Waals surface area (Å²) in [5.74, 6) is -1.55. The Morgan fingerprint density at radius 2 is 1.68 bits per heavy atom. The van der Waals surface area contributed by atoms with E-state index in [0.717, 1.165) is 0 Å². The van der Waals surface area contributed by atoms with Gasteiger partial charge in [0.05, 0.1) is 0 Å². The Hall–Kier alpha value is -2.69. The maximum Gasteiger partial charge on any atom is 0.330 e. The molecule has 0 radical (unpaired) electrons. The predicted octanol–water partition coefficient (Wildman–Crippen LogP) is 1.64. The fraction of sp³-hybridized carbons (Fsp3) is 0.0714. The van der Waals surface area contributed by atoms with E-state index >= 15 is 0 Å². The van der Waals surface area contributed by atoms with Gasteiger partial charge in [-0.05, 0) is 17.7 Å². The number of hydrogen-bond acceptors (Lipinski definition) is 3. The molecule has 0 aliphatic carbocycles. The van der Waals surface area contributed by atoms with Crippen molar-refractivity contribution in [3.8, 4) is 0 Å². The third-order valence-corrected chi connectivity index (χ3v) is 2.60. The van der Waals surface area contributed by atoms with Gasteiger partial charge < -0.3 is 10.4 Å². The lowest BCUT2D eigenvalue weighted by atomic mass is 10.1. The van der Waals surface area contributed by atoms with Crippen LogP contribution >= 0.6 is 0 Å². The molecule has 5 heteroatoms. The van der Waals surface area contributed by atoms with Crippen molar-refractivity contribution in [2.45, 2.75) is 6.04 Å². The van der Waals surface area contributed by atoms with Crippen LogP contribution in [0.5, 0.6) is 0 Å². The molecule has 1 aromatic heterocycles. The summed E-state index contributed by atoms with van der Waals surface area (Å²) in [5.41, 5.74) is 0.898. The zero-order valence-corrected chi connectivity index (χ0v) is 9.98. The van der Waals surface area contributed by atoms with Gasteiger partial charge in [0.1, 0.15) is 0 Å². The Kier molecular flexibility index (Phi) is 3.87. The Bertz CT molecular complexity index is 570. The molecule has 1 amide bonds. The fourth-order valence-electron chi connectivity index (χ4n) is 1.65. The summed E-state index contributed by atoms with van der Waals surface area (Å²) in [6.07, 6.45) is 2.96. The third kappa shape index (κ3) is 3.16. The Morgan fingerprint density at radius 3 is 2.26 bits per heavy atom. The van der Waals surface area contributed by atoms with Crippen molar-refractivity contribution in [3.63, 3.8) is 0 Å². The topological polar surface area (TPSA) is 79.3 Å². The van der Waals surface area contributed by atoms with Crippen molar-refractivity contribution < 1.29 is 14.7 Å². The predicted molar refractivity (Wildman–Crippen MR) is 68.5 cm³/mol. The molecule has 2 rings (SSSR count). The highest BCUT2D eigenvalue weighted by atomic mass is 16.4. The summed E-state index contributed by atoms with van der Waals surface area (Å²) in [6.45, 7) is 0. The Labute approximate surface area is 109 Å². The number of amides is 1. The molecule has 0 aliphatic heterocycles. The maximum atomic E-state index is 11.9. The van der Waals surface area contributed by atoms with Gasteiger partial charge in [-0.1, -0.05) is 30.3 Å². The number of nitrogens with zero attached hydrogens (tertiary/aromatic N) is 1. The van der Waals surface area contributed by atoms with Gasteiger partial charge in [-0.15, -0.1) is 0 Å². The summed E-state index contributed by atoms with van der Waals surface area (Å²) in [6, 6.07) is 10.5. The quantitative estimate of drug-likeness (QED) is 0.871. The van der Waals surface area contributed by atoms with Crippen LogP contribution in [0.15, 0.2) is 54.9 Å². The highest BCUT2D eigenvalue weighted by Crippen LogP contribution is 2.13. The van der Waals surface area contributed by atoms with Crippen molar-refractivity contribution in [3.05, 3.63) is 66.0 Å². The third-order valence-electron chi connectivity index (χ3n) is 2.60. The standard InChI is InChI=1S/C14H12N2O3/c17-13(11-6-8-15-9-7-11)16-12(14(18)19)10-4-2-1-3-5-10/h1-9,12H,(H,16,17)(H,18,19)/t12-/m0/s1. The van der Waals surface area contributed by atoms with Gasteiger partial charge in [-0.25, -0.2) is 4.79 Å². The maximum absolute atomic E-state index is 11.9. The molecule has 1 heterocycles. The summed E-state index contributed by atoms with van der Waals surface area (Å²) in [7, 11) is 0. The Morgan fingerprint density at radius 1 is 1.05 bits per heavy atom. The summed E-state index contributed by atoms with van der Waals surface area (Å²) in [5, 5.41) is 11.7. The minimum Gasteiger partial charge on any atom is -0.479 e. The smallest absolute Gasteiger partial charge is 0.330 e. The highest BCUT2D eigenvalue weighted by Gasteiger charge is 2.22. The van der Waals surface area contributed by atoms with Gasteiger partial charge in [-0.3, -0.25) is 9.78 Å². The summed E-state index contributed by atoms with van der Waals surface area (Å²) in [4.78, 5) is 27.0. The van der Waals surface area contributed by atoms with Crippen molar-refractivity contribution in [1.29, 1.82) is 0 Å². The lowest BCUT2D eigenvalue weighted by Gasteiger charge is -2.14. The molecule has 0 saturated carbocycles. The van der Waals surface area contributed by atoms with Crippen molar-refractivity contribution in [2.75, 3.05) is 0 Å². The average molecular weight is 256 g/mol. The van der Waals surface area contributed by atoms with Gasteiger partial charge in [-0.2, -0.15) is 0 Å². The largest absolute Gasteiger partial charge is 0.479 e. The van der Waals surface area contributed by atoms with Crippen molar-refractivity contribution in [1.82, 2.24) is 10.3 Å². The minimum atomic E-state index is -1.10. The van der Waals surface area contributed by atoms with E-state index in [1.807, 2.05) is 0 Å². The fourth-order valence-corrected chi connectivity index (χ4v) is 1.65. The second-order valence-electron chi connectivity index (χ2n) is 3.89. The van der Waals surface area contributed by atoms with Crippen LogP contribution in [0.25, 0.3) is 0 Å². The molecule has 0 spiro atoms. The normalized spacial score (nSPS) is 11.6. The van der Waals surface area contributed by atoms with Gasteiger partial charge in [0, 0.05) is 18.0 Å². The molecule has 0 fully saturated rings. The number of carboxylic acids is 1. The minimum absolute atomic E-state index is 0.372. The number of pyridine rings is 1. The molecule has 1 atom stereocenters. The second kappa shape index (κ2) is 5.77. The molecular weight excluding hydrogens is 244 g/mol. The molecular formula is C14H12N2O3. The number of nitrogens with one attached hydrogen (secondary N) is 1. The molecule has 2 aromatic rings. The van der Waals surface area contributed by atoms with Gasteiger partial charge in [0.2, 0.25) is 0 Å². The van der Waals surface area contributed by atoms with Crippen LogP contribution in [-0.4, -0.2) is 22.0 Å². The van der Waals surface area contributed by atoms with Crippen LogP contribution in [-0.2, 0) is 4.79 Å². The molecule has 96 valence electrons. The van der Waals surface area contributed by atoms with E-state index in [4.69, 9.17) is 0 Å². The molecule has 0 aliphatic rings. The number of rotatable bonds is 4. The van der Waals surface area contributed by atoms with E-state index < -0.39 is 17.9 Å². The van der Waals surface area contributed by atoms with Crippen LogP contribution < -0.4 is 5.32 Å². The van der Waals surface area contributed by atoms with E-state index in [-0.39, 0.29) is 0 Å². The van der Waals surface area contributed by atoms with Gasteiger partial charge in [0.15, 0.2) is 6.04 Å². The molecule has 0 bridgehead atoms. The Balaban J connectivity index is 2.19.